The highest BCUT2D eigenvalue weighted by atomic mass is 32.3. The second-order valence-electron chi connectivity index (χ2n) is 6.51. The molecule has 7 N–H and O–H groups in total. The van der Waals surface area contributed by atoms with Gasteiger partial charge in [0.15, 0.2) is 12.4 Å². The molecule has 176 valence electrons. The second kappa shape index (κ2) is 9.63. The number of rotatable bonds is 8. The lowest BCUT2D eigenvalue weighted by Gasteiger charge is -2.43. The minimum absolute atomic E-state index is 0.461. The number of carboxylic acid groups (broad SMARTS) is 1. The monoisotopic (exact) mass is 483 g/mol. The molecule has 2 aliphatic heterocycles. The van der Waals surface area contributed by atoms with Gasteiger partial charge < -0.3 is 34.6 Å². The number of hydrogen-bond acceptors (Lipinski definition) is 12. The fourth-order valence-electron chi connectivity index (χ4n) is 2.93. The normalized spacial score (nSPS) is 38.3. The predicted molar refractivity (Wildman–Crippen MR) is 89.5 cm³/mol. The molecule has 16 nitrogen and oxygen atoms in total. The lowest BCUT2D eigenvalue weighted by molar-refractivity contribution is -0.293. The number of ether oxygens (including phenoxy) is 3. The summed E-state index contributed by atoms with van der Waals surface area (Å²) in [5.41, 5.74) is 0. The third kappa shape index (κ3) is 7.00. The molecule has 30 heavy (non-hydrogen) atoms. The van der Waals surface area contributed by atoms with E-state index in [0.29, 0.717) is 0 Å². The molecule has 0 amide bonds. The van der Waals surface area contributed by atoms with Crippen LogP contribution in [0.25, 0.3) is 0 Å². The predicted octanol–water partition coefficient (Wildman–Crippen LogP) is -4.37. The van der Waals surface area contributed by atoms with Gasteiger partial charge in [-0.3, -0.25) is 9.11 Å². The van der Waals surface area contributed by atoms with Gasteiger partial charge in [-0.15, -0.1) is 0 Å². The first kappa shape index (κ1) is 25.2. The first-order chi connectivity index (χ1) is 13.7. The number of aliphatic hydroxyl groups is 3. The van der Waals surface area contributed by atoms with Gasteiger partial charge in [-0.05, 0) is 0 Å². The van der Waals surface area contributed by atoms with Gasteiger partial charge in [0, 0.05) is 6.42 Å². The molecule has 18 heteroatoms. The van der Waals surface area contributed by atoms with Gasteiger partial charge in [-0.1, -0.05) is 0 Å². The minimum Gasteiger partial charge on any atom is -0.479 e. The second-order valence-corrected chi connectivity index (χ2v) is 8.79. The summed E-state index contributed by atoms with van der Waals surface area (Å²) in [6.07, 6.45) is -12.4. The van der Waals surface area contributed by atoms with E-state index in [1.54, 1.807) is 4.72 Å². The van der Waals surface area contributed by atoms with Crippen LogP contribution in [0.15, 0.2) is 0 Å². The molecule has 2 heterocycles. The van der Waals surface area contributed by atoms with Crippen LogP contribution < -0.4 is 4.72 Å². The van der Waals surface area contributed by atoms with E-state index < -0.39 is 95.3 Å². The van der Waals surface area contributed by atoms with Gasteiger partial charge in [0.05, 0.1) is 25.4 Å². The molecule has 2 aliphatic rings. The Kier molecular flexibility index (Phi) is 8.10. The smallest absolute Gasteiger partial charge is 0.397 e. The average molecular weight is 483 g/mol. The van der Waals surface area contributed by atoms with Gasteiger partial charge in [0.1, 0.15) is 24.4 Å². The molecule has 8 atom stereocenters. The van der Waals surface area contributed by atoms with E-state index in [2.05, 4.69) is 4.18 Å². The van der Waals surface area contributed by atoms with Crippen LogP contribution >= 0.6 is 0 Å². The van der Waals surface area contributed by atoms with E-state index in [1.165, 1.54) is 0 Å². The average Bonchev–Trinajstić information content (AvgIpc) is 2.58. The number of carbonyl (C=O) groups is 1. The summed E-state index contributed by atoms with van der Waals surface area (Å²) in [4.78, 5) is 11.4. The summed E-state index contributed by atoms with van der Waals surface area (Å²) >= 11 is 0. The zero-order valence-corrected chi connectivity index (χ0v) is 16.5. The Labute approximate surface area is 170 Å². The molecule has 4 unspecified atom stereocenters. The SMILES string of the molecule is O=C(O)C1OCC(O)[C@H](O)[C@H]1O[C@@H]1OC(COS(=O)(=O)O)C[C@@H](O)C1NS(=O)(=O)O. The van der Waals surface area contributed by atoms with Crippen molar-refractivity contribution in [1.82, 2.24) is 4.72 Å². The third-order valence-corrected chi connectivity index (χ3v) is 5.24. The Hall–Kier alpha value is -1.03. The summed E-state index contributed by atoms with van der Waals surface area (Å²) < 4.78 is 82.6. The zero-order valence-electron chi connectivity index (χ0n) is 14.9. The van der Waals surface area contributed by atoms with Crippen LogP contribution in [0.4, 0.5) is 0 Å². The molecule has 0 aromatic carbocycles. The van der Waals surface area contributed by atoms with Crippen molar-refractivity contribution in [3.8, 4) is 0 Å². The molecule has 0 aromatic rings. The number of nitrogens with one attached hydrogen (secondary N) is 1. The van der Waals surface area contributed by atoms with Crippen molar-refractivity contribution >= 4 is 26.7 Å². The Morgan fingerprint density at radius 1 is 1.10 bits per heavy atom. The Morgan fingerprint density at radius 2 is 1.73 bits per heavy atom. The number of aliphatic carboxylic acids is 1. The molecular weight excluding hydrogens is 462 g/mol. The fourth-order valence-corrected chi connectivity index (χ4v) is 3.87. The minimum atomic E-state index is -4.93. The van der Waals surface area contributed by atoms with Crippen LogP contribution in [0.3, 0.4) is 0 Å². The van der Waals surface area contributed by atoms with E-state index in [1.807, 2.05) is 0 Å². The summed E-state index contributed by atoms with van der Waals surface area (Å²) in [5, 5.41) is 39.2. The topological polar surface area (TPSA) is 256 Å². The summed E-state index contributed by atoms with van der Waals surface area (Å²) in [7, 11) is -9.82. The molecule has 2 saturated heterocycles. The van der Waals surface area contributed by atoms with Crippen molar-refractivity contribution in [2.45, 2.75) is 55.4 Å². The van der Waals surface area contributed by atoms with Crippen LogP contribution in [0.2, 0.25) is 0 Å². The summed E-state index contributed by atoms with van der Waals surface area (Å²) in [5.74, 6) is -1.60. The van der Waals surface area contributed by atoms with Crippen molar-refractivity contribution in [2.24, 2.45) is 0 Å². The quantitative estimate of drug-likeness (QED) is 0.161. The van der Waals surface area contributed by atoms with E-state index in [9.17, 15) is 42.1 Å². The maximum atomic E-state index is 11.4. The molecule has 0 radical (unpaired) electrons. The van der Waals surface area contributed by atoms with E-state index in [4.69, 9.17) is 23.3 Å². The molecule has 0 aliphatic carbocycles. The molecule has 0 spiro atoms. The standard InChI is InChI=1S/C12H21NO15S2/c14-5-1-4(2-26-30(22,23)24)27-12(7(5)13-29(19,20)21)28-9-8(16)6(15)3-25-10(9)11(17)18/h4-10,12-16H,1-3H2,(H,17,18)(H,19,20,21)(H,22,23,24)/t4?,5-,6?,7?,8+,9-,10?,12+/m1/s1. The third-order valence-electron chi connectivity index (χ3n) is 4.24. The molecule has 2 fully saturated rings. The van der Waals surface area contributed by atoms with E-state index in [0.717, 1.165) is 0 Å². The highest BCUT2D eigenvalue weighted by Gasteiger charge is 2.49. The highest BCUT2D eigenvalue weighted by Crippen LogP contribution is 2.28. The van der Waals surface area contributed by atoms with Crippen molar-refractivity contribution in [3.05, 3.63) is 0 Å². The lowest BCUT2D eigenvalue weighted by Crippen LogP contribution is -2.63. The molecular formula is C12H21NO15S2. The van der Waals surface area contributed by atoms with Gasteiger partial charge in [-0.2, -0.15) is 21.6 Å². The molecule has 0 saturated carbocycles. The van der Waals surface area contributed by atoms with Crippen molar-refractivity contribution in [3.63, 3.8) is 0 Å². The number of carboxylic acids is 1. The summed E-state index contributed by atoms with van der Waals surface area (Å²) in [6.45, 7) is -1.40. The van der Waals surface area contributed by atoms with Crippen LogP contribution in [-0.2, 0) is 43.9 Å². The van der Waals surface area contributed by atoms with Crippen LogP contribution in [-0.4, -0.2) is 115 Å². The van der Waals surface area contributed by atoms with Crippen molar-refractivity contribution in [1.29, 1.82) is 0 Å². The Bertz CT molecular complexity index is 815. The fraction of sp³-hybridized carbons (Fsp3) is 0.917. The van der Waals surface area contributed by atoms with Gasteiger partial charge in [-0.25, -0.2) is 8.98 Å². The lowest BCUT2D eigenvalue weighted by atomic mass is 9.98. The first-order valence-corrected chi connectivity index (χ1v) is 11.0. The zero-order chi connectivity index (χ0) is 22.9. The van der Waals surface area contributed by atoms with Crippen LogP contribution in [0, 0.1) is 0 Å². The van der Waals surface area contributed by atoms with Crippen LogP contribution in [0.5, 0.6) is 0 Å². The van der Waals surface area contributed by atoms with Crippen LogP contribution in [0.1, 0.15) is 6.42 Å². The Balaban J connectivity index is 2.26. The maximum Gasteiger partial charge on any atom is 0.397 e. The number of hydrogen-bond donors (Lipinski definition) is 7. The molecule has 0 aromatic heterocycles. The summed E-state index contributed by atoms with van der Waals surface area (Å²) in [6, 6.07) is -1.75. The van der Waals surface area contributed by atoms with Gasteiger partial charge in [0.2, 0.25) is 0 Å². The largest absolute Gasteiger partial charge is 0.479 e. The maximum absolute atomic E-state index is 11.4. The van der Waals surface area contributed by atoms with Gasteiger partial charge in [0.25, 0.3) is 0 Å². The molecule has 2 rings (SSSR count). The van der Waals surface area contributed by atoms with E-state index >= 15 is 0 Å². The first-order valence-electron chi connectivity index (χ1n) is 8.24. The van der Waals surface area contributed by atoms with Crippen molar-refractivity contribution < 1.29 is 69.6 Å². The van der Waals surface area contributed by atoms with Crippen molar-refractivity contribution in [2.75, 3.05) is 13.2 Å². The number of aliphatic hydroxyl groups excluding tert-OH is 3. The molecule has 0 bridgehead atoms. The highest BCUT2D eigenvalue weighted by molar-refractivity contribution is 7.83. The van der Waals surface area contributed by atoms with Gasteiger partial charge >= 0.3 is 26.7 Å². The Morgan fingerprint density at radius 3 is 2.27 bits per heavy atom. The van der Waals surface area contributed by atoms with E-state index in [-0.39, 0.29) is 0 Å².